The molecule has 0 spiro atoms. The molecule has 2 aromatic rings. The van der Waals surface area contributed by atoms with Crippen LogP contribution in [-0.2, 0) is 6.54 Å². The lowest BCUT2D eigenvalue weighted by molar-refractivity contribution is 0.0657. The van der Waals surface area contributed by atoms with Crippen LogP contribution in [0.3, 0.4) is 0 Å². The van der Waals surface area contributed by atoms with Crippen molar-refractivity contribution in [2.24, 2.45) is 4.99 Å². The van der Waals surface area contributed by atoms with Gasteiger partial charge in [0, 0.05) is 38.1 Å². The smallest absolute Gasteiger partial charge is 0.289 e. The van der Waals surface area contributed by atoms with Gasteiger partial charge in [0.1, 0.15) is 0 Å². The molecule has 6 nitrogen and oxygen atoms in total. The van der Waals surface area contributed by atoms with E-state index in [1.165, 1.54) is 6.26 Å². The first-order chi connectivity index (χ1) is 11.7. The van der Waals surface area contributed by atoms with Crippen molar-refractivity contribution in [3.63, 3.8) is 0 Å². The standard InChI is InChI=1S/C16H19ClN4O2S/c1-18-16(19-11-12-4-5-14(17)24-12)21-8-6-20(7-9-21)15(22)13-3-2-10-23-13/h2-5,10H,6-9,11H2,1H3,(H,18,19). The number of nitrogens with zero attached hydrogens (tertiary/aromatic N) is 3. The second-order valence-electron chi connectivity index (χ2n) is 5.36. The molecule has 3 rings (SSSR count). The van der Waals surface area contributed by atoms with Gasteiger partial charge in [0.15, 0.2) is 11.7 Å². The van der Waals surface area contributed by atoms with Crippen molar-refractivity contribution in [2.45, 2.75) is 6.54 Å². The fraction of sp³-hybridized carbons (Fsp3) is 0.375. The lowest BCUT2D eigenvalue weighted by Gasteiger charge is -2.36. The zero-order valence-electron chi connectivity index (χ0n) is 13.4. The normalized spacial score (nSPS) is 15.7. The number of piperazine rings is 1. The number of furan rings is 1. The van der Waals surface area contributed by atoms with Crippen LogP contribution in [0.25, 0.3) is 0 Å². The minimum Gasteiger partial charge on any atom is -0.459 e. The molecule has 1 amide bonds. The fourth-order valence-electron chi connectivity index (χ4n) is 2.62. The molecule has 0 aliphatic carbocycles. The van der Waals surface area contributed by atoms with Gasteiger partial charge in [-0.2, -0.15) is 0 Å². The number of amides is 1. The Morgan fingerprint density at radius 2 is 2.04 bits per heavy atom. The van der Waals surface area contributed by atoms with E-state index in [-0.39, 0.29) is 5.91 Å². The van der Waals surface area contributed by atoms with E-state index in [0.717, 1.165) is 28.3 Å². The second kappa shape index (κ2) is 7.72. The molecular formula is C16H19ClN4O2S. The molecular weight excluding hydrogens is 348 g/mol. The van der Waals surface area contributed by atoms with Gasteiger partial charge in [0.05, 0.1) is 17.1 Å². The molecule has 1 N–H and O–H groups in total. The zero-order valence-corrected chi connectivity index (χ0v) is 14.9. The van der Waals surface area contributed by atoms with E-state index >= 15 is 0 Å². The van der Waals surface area contributed by atoms with Crippen molar-refractivity contribution in [3.05, 3.63) is 45.5 Å². The minimum absolute atomic E-state index is 0.0594. The van der Waals surface area contributed by atoms with Gasteiger partial charge in [0.2, 0.25) is 0 Å². The van der Waals surface area contributed by atoms with Crippen LogP contribution >= 0.6 is 22.9 Å². The maximum absolute atomic E-state index is 12.3. The van der Waals surface area contributed by atoms with Gasteiger partial charge in [-0.3, -0.25) is 9.79 Å². The Morgan fingerprint density at radius 1 is 1.29 bits per heavy atom. The average Bonchev–Trinajstić information content (AvgIpc) is 3.27. The second-order valence-corrected chi connectivity index (χ2v) is 7.16. The summed E-state index contributed by atoms with van der Waals surface area (Å²) < 4.78 is 5.97. The van der Waals surface area contributed by atoms with Crippen LogP contribution < -0.4 is 5.32 Å². The van der Waals surface area contributed by atoms with E-state index in [1.807, 2.05) is 17.0 Å². The number of thiophene rings is 1. The molecule has 1 saturated heterocycles. The number of hydrogen-bond acceptors (Lipinski definition) is 4. The molecule has 0 aromatic carbocycles. The van der Waals surface area contributed by atoms with Crippen LogP contribution in [0.1, 0.15) is 15.4 Å². The number of rotatable bonds is 3. The minimum atomic E-state index is -0.0594. The van der Waals surface area contributed by atoms with Crippen molar-refractivity contribution in [1.82, 2.24) is 15.1 Å². The lowest BCUT2D eigenvalue weighted by atomic mass is 10.3. The lowest BCUT2D eigenvalue weighted by Crippen LogP contribution is -2.53. The molecule has 0 unspecified atom stereocenters. The topological polar surface area (TPSA) is 61.1 Å². The first kappa shape index (κ1) is 16.9. The van der Waals surface area contributed by atoms with Crippen LogP contribution in [0.5, 0.6) is 0 Å². The monoisotopic (exact) mass is 366 g/mol. The van der Waals surface area contributed by atoms with E-state index in [2.05, 4.69) is 15.2 Å². The summed E-state index contributed by atoms with van der Waals surface area (Å²) >= 11 is 7.51. The van der Waals surface area contributed by atoms with Crippen LogP contribution in [-0.4, -0.2) is 54.9 Å². The van der Waals surface area contributed by atoms with Gasteiger partial charge < -0.3 is 19.5 Å². The third-order valence-electron chi connectivity index (χ3n) is 3.86. The van der Waals surface area contributed by atoms with E-state index in [4.69, 9.17) is 16.0 Å². The third kappa shape index (κ3) is 3.91. The number of carbonyl (C=O) groups excluding carboxylic acids is 1. The third-order valence-corrected chi connectivity index (χ3v) is 5.09. The summed E-state index contributed by atoms with van der Waals surface area (Å²) in [4.78, 5) is 21.7. The highest BCUT2D eigenvalue weighted by atomic mass is 35.5. The summed E-state index contributed by atoms with van der Waals surface area (Å²) in [5, 5.41) is 3.35. The Bertz CT molecular complexity index is 705. The predicted octanol–water partition coefficient (Wildman–Crippen LogP) is 2.53. The Labute approximate surface area is 149 Å². The van der Waals surface area contributed by atoms with Crippen molar-refractivity contribution >= 4 is 34.8 Å². The van der Waals surface area contributed by atoms with Crippen molar-refractivity contribution < 1.29 is 9.21 Å². The van der Waals surface area contributed by atoms with Gasteiger partial charge in [-0.05, 0) is 24.3 Å². The fourth-order valence-corrected chi connectivity index (χ4v) is 3.65. The maximum atomic E-state index is 12.3. The summed E-state index contributed by atoms with van der Waals surface area (Å²) in [6.45, 7) is 3.44. The number of aliphatic imine (C=N–C) groups is 1. The Hall–Kier alpha value is -1.99. The maximum Gasteiger partial charge on any atom is 0.289 e. The molecule has 1 aliphatic rings. The summed E-state index contributed by atoms with van der Waals surface area (Å²) in [7, 11) is 1.77. The number of carbonyl (C=O) groups is 1. The van der Waals surface area contributed by atoms with Gasteiger partial charge in [-0.15, -0.1) is 11.3 Å². The molecule has 1 aliphatic heterocycles. The van der Waals surface area contributed by atoms with Crippen LogP contribution in [0.2, 0.25) is 4.34 Å². The highest BCUT2D eigenvalue weighted by Crippen LogP contribution is 2.21. The first-order valence-corrected chi connectivity index (χ1v) is 8.89. The molecule has 24 heavy (non-hydrogen) atoms. The largest absolute Gasteiger partial charge is 0.459 e. The molecule has 1 fully saturated rings. The summed E-state index contributed by atoms with van der Waals surface area (Å²) in [5.74, 6) is 1.17. The molecule has 128 valence electrons. The Kier molecular flexibility index (Phi) is 5.42. The highest BCUT2D eigenvalue weighted by molar-refractivity contribution is 7.16. The van der Waals surface area contributed by atoms with E-state index in [1.54, 1.807) is 30.5 Å². The van der Waals surface area contributed by atoms with E-state index in [9.17, 15) is 4.79 Å². The quantitative estimate of drug-likeness (QED) is 0.669. The average molecular weight is 367 g/mol. The number of hydrogen-bond donors (Lipinski definition) is 1. The number of guanidine groups is 1. The Morgan fingerprint density at radius 3 is 2.62 bits per heavy atom. The van der Waals surface area contributed by atoms with E-state index < -0.39 is 0 Å². The van der Waals surface area contributed by atoms with Crippen molar-refractivity contribution in [3.8, 4) is 0 Å². The number of nitrogens with one attached hydrogen (secondary N) is 1. The van der Waals surface area contributed by atoms with Crippen LogP contribution in [0, 0.1) is 0 Å². The molecule has 2 aromatic heterocycles. The van der Waals surface area contributed by atoms with Crippen molar-refractivity contribution in [2.75, 3.05) is 33.2 Å². The molecule has 0 atom stereocenters. The summed E-state index contributed by atoms with van der Waals surface area (Å²) in [6.07, 6.45) is 1.52. The van der Waals surface area contributed by atoms with Gasteiger partial charge >= 0.3 is 0 Å². The summed E-state index contributed by atoms with van der Waals surface area (Å²) in [5.41, 5.74) is 0. The van der Waals surface area contributed by atoms with Crippen molar-refractivity contribution in [1.29, 1.82) is 0 Å². The van der Waals surface area contributed by atoms with Crippen LogP contribution in [0.4, 0.5) is 0 Å². The number of halogens is 1. The van der Waals surface area contributed by atoms with Gasteiger partial charge in [0.25, 0.3) is 5.91 Å². The first-order valence-electron chi connectivity index (χ1n) is 7.70. The van der Waals surface area contributed by atoms with Crippen LogP contribution in [0.15, 0.2) is 39.9 Å². The zero-order chi connectivity index (χ0) is 16.9. The van der Waals surface area contributed by atoms with Gasteiger partial charge in [-0.1, -0.05) is 11.6 Å². The highest BCUT2D eigenvalue weighted by Gasteiger charge is 2.25. The molecule has 0 bridgehead atoms. The van der Waals surface area contributed by atoms with E-state index in [0.29, 0.717) is 25.4 Å². The molecule has 0 radical (unpaired) electrons. The predicted molar refractivity (Wildman–Crippen MR) is 95.7 cm³/mol. The Balaban J connectivity index is 1.52. The molecule has 8 heteroatoms. The molecule has 3 heterocycles. The summed E-state index contributed by atoms with van der Waals surface area (Å²) in [6, 6.07) is 7.33. The molecule has 0 saturated carbocycles. The SMILES string of the molecule is CN=C(NCc1ccc(Cl)s1)N1CCN(C(=O)c2ccco2)CC1. The van der Waals surface area contributed by atoms with Gasteiger partial charge in [-0.25, -0.2) is 0 Å².